The Labute approximate surface area is 116 Å². The molecule has 0 bridgehead atoms. The third kappa shape index (κ3) is 3.56. The highest BCUT2D eigenvalue weighted by atomic mass is 16.5. The van der Waals surface area contributed by atoms with Gasteiger partial charge in [-0.2, -0.15) is 0 Å². The van der Waals surface area contributed by atoms with Gasteiger partial charge in [-0.15, -0.1) is 0 Å². The minimum atomic E-state index is -0.148. The number of nitrogens with one attached hydrogen (secondary N) is 1. The van der Waals surface area contributed by atoms with Gasteiger partial charge in [-0.1, -0.05) is 29.3 Å². The topological polar surface area (TPSA) is 47.3 Å². The van der Waals surface area contributed by atoms with Gasteiger partial charge in [0.2, 0.25) is 0 Å². The Bertz CT molecular complexity index is 405. The second-order valence-electron chi connectivity index (χ2n) is 6.04. The van der Waals surface area contributed by atoms with Crippen LogP contribution in [0.5, 0.6) is 0 Å². The number of hydrazine groups is 1. The van der Waals surface area contributed by atoms with Crippen molar-refractivity contribution < 1.29 is 4.74 Å². The van der Waals surface area contributed by atoms with Gasteiger partial charge in [0, 0.05) is 6.61 Å². The molecular formula is C16H26N2O. The first-order valence-electron chi connectivity index (χ1n) is 7.21. The summed E-state index contributed by atoms with van der Waals surface area (Å²) in [4.78, 5) is 0. The summed E-state index contributed by atoms with van der Waals surface area (Å²) in [5.41, 5.74) is 6.77. The van der Waals surface area contributed by atoms with Crippen LogP contribution in [0.2, 0.25) is 0 Å². The Balaban J connectivity index is 2.13. The molecule has 19 heavy (non-hydrogen) atoms. The van der Waals surface area contributed by atoms with Crippen molar-refractivity contribution in [1.29, 1.82) is 0 Å². The zero-order valence-electron chi connectivity index (χ0n) is 12.3. The lowest BCUT2D eigenvalue weighted by atomic mass is 9.84. The molecule has 0 amide bonds. The minimum absolute atomic E-state index is 0.148. The van der Waals surface area contributed by atoms with Gasteiger partial charge >= 0.3 is 0 Å². The van der Waals surface area contributed by atoms with Crippen LogP contribution in [0.4, 0.5) is 0 Å². The van der Waals surface area contributed by atoms with Crippen molar-refractivity contribution in [2.75, 3.05) is 6.61 Å². The summed E-state index contributed by atoms with van der Waals surface area (Å²) in [6.45, 7) is 7.31. The number of rotatable bonds is 4. The van der Waals surface area contributed by atoms with Gasteiger partial charge in [-0.3, -0.25) is 11.3 Å². The summed E-state index contributed by atoms with van der Waals surface area (Å²) in [7, 11) is 0. The predicted molar refractivity (Wildman–Crippen MR) is 78.9 cm³/mol. The van der Waals surface area contributed by atoms with Crippen molar-refractivity contribution in [3.63, 3.8) is 0 Å². The third-order valence-electron chi connectivity index (χ3n) is 4.16. The number of benzene rings is 1. The lowest BCUT2D eigenvalue weighted by Gasteiger charge is -2.40. The normalized spacial score (nSPS) is 25.3. The maximum absolute atomic E-state index is 6.01. The van der Waals surface area contributed by atoms with Gasteiger partial charge in [0.15, 0.2) is 0 Å². The molecule has 1 aliphatic heterocycles. The number of hydrogen-bond acceptors (Lipinski definition) is 3. The molecular weight excluding hydrogens is 236 g/mol. The van der Waals surface area contributed by atoms with Crippen LogP contribution in [0.3, 0.4) is 0 Å². The molecule has 2 atom stereocenters. The van der Waals surface area contributed by atoms with Gasteiger partial charge in [-0.25, -0.2) is 0 Å². The molecule has 0 spiro atoms. The summed E-state index contributed by atoms with van der Waals surface area (Å²) in [6.07, 6.45) is 4.38. The zero-order chi connectivity index (χ0) is 13.9. The van der Waals surface area contributed by atoms with Crippen LogP contribution in [0.15, 0.2) is 18.2 Å². The van der Waals surface area contributed by atoms with Crippen molar-refractivity contribution in [2.24, 2.45) is 5.84 Å². The molecule has 106 valence electrons. The molecule has 1 aromatic carbocycles. The van der Waals surface area contributed by atoms with E-state index in [0.29, 0.717) is 0 Å². The summed E-state index contributed by atoms with van der Waals surface area (Å²) in [5, 5.41) is 0. The monoisotopic (exact) mass is 262 g/mol. The molecule has 2 rings (SSSR count). The highest BCUT2D eigenvalue weighted by molar-refractivity contribution is 5.29. The zero-order valence-corrected chi connectivity index (χ0v) is 12.3. The predicted octanol–water partition coefficient (Wildman–Crippen LogP) is 2.64. The average Bonchev–Trinajstić information content (AvgIpc) is 2.35. The number of hydrogen-bond donors (Lipinski definition) is 2. The Morgan fingerprint density at radius 1 is 1.26 bits per heavy atom. The van der Waals surface area contributed by atoms with Crippen molar-refractivity contribution in [3.8, 4) is 0 Å². The van der Waals surface area contributed by atoms with E-state index in [2.05, 4.69) is 44.4 Å². The summed E-state index contributed by atoms with van der Waals surface area (Å²) in [6, 6.07) is 6.84. The average molecular weight is 262 g/mol. The SMILES string of the molecule is Cc1cc(C)cc(CC(NN)C2(C)CCCCO2)c1. The van der Waals surface area contributed by atoms with Crippen LogP contribution < -0.4 is 11.3 Å². The molecule has 3 N–H and O–H groups in total. The molecule has 0 radical (unpaired) electrons. The summed E-state index contributed by atoms with van der Waals surface area (Å²) < 4.78 is 6.01. The Morgan fingerprint density at radius 2 is 1.95 bits per heavy atom. The fourth-order valence-corrected chi connectivity index (χ4v) is 3.10. The fourth-order valence-electron chi connectivity index (χ4n) is 3.10. The van der Waals surface area contributed by atoms with E-state index in [1.54, 1.807) is 0 Å². The highest BCUT2D eigenvalue weighted by Gasteiger charge is 2.36. The van der Waals surface area contributed by atoms with Crippen LogP contribution in [0, 0.1) is 13.8 Å². The number of aryl methyl sites for hydroxylation is 2. The number of nitrogens with two attached hydrogens (primary N) is 1. The smallest absolute Gasteiger partial charge is 0.0823 e. The van der Waals surface area contributed by atoms with Gasteiger partial charge in [0.25, 0.3) is 0 Å². The first-order valence-corrected chi connectivity index (χ1v) is 7.21. The molecule has 1 saturated heterocycles. The molecule has 3 heteroatoms. The van der Waals surface area contributed by atoms with Gasteiger partial charge in [-0.05, 0) is 52.0 Å². The van der Waals surface area contributed by atoms with Crippen LogP contribution >= 0.6 is 0 Å². The number of ether oxygens (including phenoxy) is 1. The Hall–Kier alpha value is -0.900. The van der Waals surface area contributed by atoms with E-state index in [-0.39, 0.29) is 11.6 Å². The maximum Gasteiger partial charge on any atom is 0.0823 e. The molecule has 1 aromatic rings. The van der Waals surface area contributed by atoms with Gasteiger partial charge < -0.3 is 4.74 Å². The van der Waals surface area contributed by atoms with E-state index >= 15 is 0 Å². The second-order valence-corrected chi connectivity index (χ2v) is 6.04. The van der Waals surface area contributed by atoms with E-state index in [9.17, 15) is 0 Å². The second kappa shape index (κ2) is 6.04. The van der Waals surface area contributed by atoms with Gasteiger partial charge in [0.1, 0.15) is 0 Å². The van der Waals surface area contributed by atoms with Crippen molar-refractivity contribution in [2.45, 2.75) is 58.1 Å². The fraction of sp³-hybridized carbons (Fsp3) is 0.625. The summed E-state index contributed by atoms with van der Waals surface area (Å²) >= 11 is 0. The molecule has 3 nitrogen and oxygen atoms in total. The highest BCUT2D eigenvalue weighted by Crippen LogP contribution is 2.29. The van der Waals surface area contributed by atoms with Crippen LogP contribution in [-0.4, -0.2) is 18.2 Å². The van der Waals surface area contributed by atoms with Crippen molar-refractivity contribution in [1.82, 2.24) is 5.43 Å². The van der Waals surface area contributed by atoms with E-state index in [4.69, 9.17) is 10.6 Å². The van der Waals surface area contributed by atoms with E-state index in [0.717, 1.165) is 25.9 Å². The molecule has 0 aromatic heterocycles. The van der Waals surface area contributed by atoms with Crippen LogP contribution in [0.25, 0.3) is 0 Å². The first kappa shape index (κ1) is 14.5. The molecule has 0 saturated carbocycles. The Kier molecular flexibility index (Phi) is 4.61. The summed E-state index contributed by atoms with van der Waals surface area (Å²) in [5.74, 6) is 5.78. The largest absolute Gasteiger partial charge is 0.374 e. The molecule has 1 fully saturated rings. The van der Waals surface area contributed by atoms with Crippen LogP contribution in [-0.2, 0) is 11.2 Å². The third-order valence-corrected chi connectivity index (χ3v) is 4.16. The van der Waals surface area contributed by atoms with Gasteiger partial charge in [0.05, 0.1) is 11.6 Å². The first-order chi connectivity index (χ1) is 9.03. The Morgan fingerprint density at radius 3 is 2.47 bits per heavy atom. The molecule has 1 aliphatic rings. The minimum Gasteiger partial charge on any atom is -0.374 e. The van der Waals surface area contributed by atoms with Crippen molar-refractivity contribution in [3.05, 3.63) is 34.9 Å². The maximum atomic E-state index is 6.01. The standard InChI is InChI=1S/C16H26N2O/c1-12-8-13(2)10-14(9-12)11-15(18-17)16(3)6-4-5-7-19-16/h8-10,15,18H,4-7,11,17H2,1-3H3. The van der Waals surface area contributed by atoms with E-state index in [1.165, 1.54) is 23.1 Å². The molecule has 2 unspecified atom stereocenters. The quantitative estimate of drug-likeness (QED) is 0.648. The molecule has 1 heterocycles. The van der Waals surface area contributed by atoms with E-state index < -0.39 is 0 Å². The molecule has 0 aliphatic carbocycles. The lowest BCUT2D eigenvalue weighted by molar-refractivity contribution is -0.0884. The van der Waals surface area contributed by atoms with Crippen LogP contribution in [0.1, 0.15) is 42.9 Å². The lowest BCUT2D eigenvalue weighted by Crippen LogP contribution is -2.55. The van der Waals surface area contributed by atoms with Crippen molar-refractivity contribution >= 4 is 0 Å². The van der Waals surface area contributed by atoms with E-state index in [1.807, 2.05) is 0 Å².